The lowest BCUT2D eigenvalue weighted by Crippen LogP contribution is -2.28. The van der Waals surface area contributed by atoms with Crippen molar-refractivity contribution in [1.82, 2.24) is 4.98 Å². The van der Waals surface area contributed by atoms with Crippen molar-refractivity contribution in [2.24, 2.45) is 0 Å². The quantitative estimate of drug-likeness (QED) is 0.479. The van der Waals surface area contributed by atoms with Gasteiger partial charge in [0.05, 0.1) is 32.5 Å². The summed E-state index contributed by atoms with van der Waals surface area (Å²) in [5.41, 5.74) is 4.22. The third-order valence-corrected chi connectivity index (χ3v) is 5.50. The van der Waals surface area contributed by atoms with Gasteiger partial charge in [0.15, 0.2) is 0 Å². The van der Waals surface area contributed by atoms with E-state index >= 15 is 0 Å². The minimum absolute atomic E-state index is 0.197. The van der Waals surface area contributed by atoms with Gasteiger partial charge in [-0.3, -0.25) is 0 Å². The van der Waals surface area contributed by atoms with Crippen molar-refractivity contribution in [2.45, 2.75) is 58.0 Å². The van der Waals surface area contributed by atoms with Crippen molar-refractivity contribution in [3.8, 4) is 17.2 Å². The highest BCUT2D eigenvalue weighted by Gasteiger charge is 2.23. The summed E-state index contributed by atoms with van der Waals surface area (Å²) >= 11 is 0. The van der Waals surface area contributed by atoms with E-state index < -0.39 is 0 Å². The van der Waals surface area contributed by atoms with Gasteiger partial charge in [0.1, 0.15) is 17.7 Å². The molecular formula is C25H29NO4. The Labute approximate surface area is 178 Å². The third-order valence-electron chi connectivity index (χ3n) is 5.50. The lowest BCUT2D eigenvalue weighted by Gasteiger charge is -2.29. The Kier molecular flexibility index (Phi) is 6.82. The van der Waals surface area contributed by atoms with Gasteiger partial charge in [-0.25, -0.2) is 4.98 Å². The van der Waals surface area contributed by atoms with E-state index in [4.69, 9.17) is 18.6 Å². The van der Waals surface area contributed by atoms with E-state index in [0.717, 1.165) is 42.7 Å². The van der Waals surface area contributed by atoms with Gasteiger partial charge in [-0.05, 0) is 62.4 Å². The summed E-state index contributed by atoms with van der Waals surface area (Å²) in [4.78, 5) is 4.56. The molecule has 0 amide bonds. The maximum absolute atomic E-state index is 6.16. The van der Waals surface area contributed by atoms with Crippen molar-refractivity contribution in [3.63, 3.8) is 0 Å². The van der Waals surface area contributed by atoms with Crippen LogP contribution in [0.2, 0.25) is 0 Å². The van der Waals surface area contributed by atoms with Crippen LogP contribution in [-0.2, 0) is 22.7 Å². The third kappa shape index (κ3) is 5.49. The maximum atomic E-state index is 6.16. The molecule has 1 aromatic heterocycles. The number of ether oxygens (including phenoxy) is 3. The van der Waals surface area contributed by atoms with Gasteiger partial charge >= 0.3 is 0 Å². The summed E-state index contributed by atoms with van der Waals surface area (Å²) in [7, 11) is 1.65. The molecule has 0 saturated heterocycles. The maximum Gasteiger partial charge on any atom is 0.226 e. The summed E-state index contributed by atoms with van der Waals surface area (Å²) in [6, 6.07) is 16.2. The standard InChI is InChI=1S/C25H29NO4/c1-18-5-3-6-19(13-18)15-28-23-7-4-8-24(14-23)29-16-21-17-30-25(26-21)20-9-11-22(27-2)12-10-20/h3,5-6,9-13,17,23-24H,4,7-8,14-16H2,1-2H3/t23-,24+/m0/s1. The van der Waals surface area contributed by atoms with E-state index in [1.165, 1.54) is 11.1 Å². The highest BCUT2D eigenvalue weighted by molar-refractivity contribution is 5.54. The molecule has 4 rings (SSSR count). The summed E-state index contributed by atoms with van der Waals surface area (Å²) < 4.78 is 23.1. The smallest absolute Gasteiger partial charge is 0.226 e. The molecule has 0 spiro atoms. The number of methoxy groups -OCH3 is 1. The number of aryl methyl sites for hydroxylation is 1. The van der Waals surface area contributed by atoms with Gasteiger partial charge in [-0.1, -0.05) is 29.8 Å². The predicted octanol–water partition coefficient (Wildman–Crippen LogP) is 5.70. The number of hydrogen-bond acceptors (Lipinski definition) is 5. The van der Waals surface area contributed by atoms with E-state index in [1.54, 1.807) is 13.4 Å². The summed E-state index contributed by atoms with van der Waals surface area (Å²) in [6.45, 7) is 3.22. The normalized spacial score (nSPS) is 19.0. The number of rotatable bonds is 8. The fourth-order valence-electron chi connectivity index (χ4n) is 3.86. The van der Waals surface area contributed by atoms with Crippen LogP contribution in [0.15, 0.2) is 59.2 Å². The average Bonchev–Trinajstić information content (AvgIpc) is 3.26. The van der Waals surface area contributed by atoms with E-state index in [9.17, 15) is 0 Å². The molecule has 2 aromatic carbocycles. The van der Waals surface area contributed by atoms with Gasteiger partial charge in [0, 0.05) is 5.56 Å². The highest BCUT2D eigenvalue weighted by atomic mass is 16.5. The Morgan fingerprint density at radius 3 is 2.50 bits per heavy atom. The van der Waals surface area contributed by atoms with Crippen LogP contribution in [0.25, 0.3) is 11.5 Å². The van der Waals surface area contributed by atoms with Crippen LogP contribution in [0.5, 0.6) is 5.75 Å². The molecule has 1 saturated carbocycles. The van der Waals surface area contributed by atoms with Crippen molar-refractivity contribution < 1.29 is 18.6 Å². The molecule has 1 fully saturated rings. The topological polar surface area (TPSA) is 53.7 Å². The zero-order valence-corrected chi connectivity index (χ0v) is 17.7. The molecule has 0 aliphatic heterocycles. The number of aromatic nitrogens is 1. The molecule has 0 bridgehead atoms. The zero-order chi connectivity index (χ0) is 20.8. The van der Waals surface area contributed by atoms with Gasteiger partial charge in [0.2, 0.25) is 5.89 Å². The monoisotopic (exact) mass is 407 g/mol. The van der Waals surface area contributed by atoms with Gasteiger partial charge in [-0.2, -0.15) is 0 Å². The van der Waals surface area contributed by atoms with Crippen LogP contribution < -0.4 is 4.74 Å². The van der Waals surface area contributed by atoms with E-state index in [2.05, 4.69) is 36.2 Å². The summed E-state index contributed by atoms with van der Waals surface area (Å²) in [5.74, 6) is 1.41. The zero-order valence-electron chi connectivity index (χ0n) is 17.7. The van der Waals surface area contributed by atoms with Crippen LogP contribution >= 0.6 is 0 Å². The van der Waals surface area contributed by atoms with Crippen LogP contribution in [0.4, 0.5) is 0 Å². The van der Waals surface area contributed by atoms with E-state index in [0.29, 0.717) is 19.1 Å². The second-order valence-corrected chi connectivity index (χ2v) is 7.89. The minimum Gasteiger partial charge on any atom is -0.497 e. The molecule has 2 atom stereocenters. The van der Waals surface area contributed by atoms with Gasteiger partial charge in [-0.15, -0.1) is 0 Å². The van der Waals surface area contributed by atoms with Gasteiger partial charge in [0.25, 0.3) is 0 Å². The van der Waals surface area contributed by atoms with Crippen LogP contribution in [0, 0.1) is 6.92 Å². The molecule has 1 heterocycles. The Balaban J connectivity index is 1.26. The summed E-state index contributed by atoms with van der Waals surface area (Å²) in [6.07, 6.45) is 6.33. The Bertz CT molecular complexity index is 934. The number of nitrogens with zero attached hydrogens (tertiary/aromatic N) is 1. The van der Waals surface area contributed by atoms with E-state index in [-0.39, 0.29) is 12.2 Å². The second kappa shape index (κ2) is 9.92. The van der Waals surface area contributed by atoms with Crippen molar-refractivity contribution in [2.75, 3.05) is 7.11 Å². The predicted molar refractivity (Wildman–Crippen MR) is 115 cm³/mol. The first-order chi connectivity index (χ1) is 14.7. The second-order valence-electron chi connectivity index (χ2n) is 7.89. The van der Waals surface area contributed by atoms with Crippen molar-refractivity contribution in [1.29, 1.82) is 0 Å². The number of benzene rings is 2. The SMILES string of the molecule is COc1ccc(-c2nc(CO[C@@H]3CCC[C@H](OCc4cccc(C)c4)C3)co2)cc1. The highest BCUT2D eigenvalue weighted by Crippen LogP contribution is 2.26. The molecular weight excluding hydrogens is 378 g/mol. The first-order valence-corrected chi connectivity index (χ1v) is 10.6. The van der Waals surface area contributed by atoms with Gasteiger partial charge < -0.3 is 18.6 Å². The van der Waals surface area contributed by atoms with Crippen LogP contribution in [0.1, 0.15) is 42.5 Å². The lowest BCUT2D eigenvalue weighted by molar-refractivity contribution is -0.0561. The molecule has 30 heavy (non-hydrogen) atoms. The molecule has 1 aliphatic carbocycles. The molecule has 5 heteroatoms. The van der Waals surface area contributed by atoms with Crippen LogP contribution in [-0.4, -0.2) is 24.3 Å². The molecule has 158 valence electrons. The fraction of sp³-hybridized carbons (Fsp3) is 0.400. The lowest BCUT2D eigenvalue weighted by atomic mass is 9.95. The summed E-state index contributed by atoms with van der Waals surface area (Å²) in [5, 5.41) is 0. The molecule has 1 aliphatic rings. The van der Waals surface area contributed by atoms with Crippen molar-refractivity contribution in [3.05, 3.63) is 71.6 Å². The first kappa shape index (κ1) is 20.6. The Morgan fingerprint density at radius 2 is 1.77 bits per heavy atom. The molecule has 5 nitrogen and oxygen atoms in total. The Morgan fingerprint density at radius 1 is 1.00 bits per heavy atom. The van der Waals surface area contributed by atoms with Crippen LogP contribution in [0.3, 0.4) is 0 Å². The van der Waals surface area contributed by atoms with Crippen molar-refractivity contribution >= 4 is 0 Å². The molecule has 0 radical (unpaired) electrons. The van der Waals surface area contributed by atoms with E-state index in [1.807, 2.05) is 24.3 Å². The number of hydrogen-bond donors (Lipinski definition) is 0. The molecule has 3 aromatic rings. The number of oxazole rings is 1. The first-order valence-electron chi connectivity index (χ1n) is 10.6. The molecule has 0 N–H and O–H groups in total. The largest absolute Gasteiger partial charge is 0.497 e. The average molecular weight is 408 g/mol. The fourth-order valence-corrected chi connectivity index (χ4v) is 3.86. The molecule has 0 unspecified atom stereocenters. The minimum atomic E-state index is 0.197. The Hall–Kier alpha value is -2.63.